The predicted molar refractivity (Wildman–Crippen MR) is 72.7 cm³/mol. The number of para-hydroxylation sites is 1. The molecule has 0 radical (unpaired) electrons. The van der Waals surface area contributed by atoms with Crippen molar-refractivity contribution in [3.05, 3.63) is 42.4 Å². The lowest BCUT2D eigenvalue weighted by atomic mass is 10.2. The molecule has 4 nitrogen and oxygen atoms in total. The molecule has 1 heterocycles. The van der Waals surface area contributed by atoms with Crippen molar-refractivity contribution in [2.24, 2.45) is 0 Å². The number of nitrogens with one attached hydrogen (secondary N) is 1. The summed E-state index contributed by atoms with van der Waals surface area (Å²) in [7, 11) is 0. The first kappa shape index (κ1) is 12.4. The highest BCUT2D eigenvalue weighted by Crippen LogP contribution is 2.30. The number of benzene rings is 1. The van der Waals surface area contributed by atoms with Crippen molar-refractivity contribution in [3.63, 3.8) is 0 Å². The maximum atomic E-state index is 6.06. The van der Waals surface area contributed by atoms with E-state index in [-0.39, 0.29) is 6.10 Å². The van der Waals surface area contributed by atoms with Crippen LogP contribution >= 0.6 is 0 Å². The molecule has 1 aromatic carbocycles. The van der Waals surface area contributed by atoms with E-state index < -0.39 is 0 Å². The monoisotopic (exact) mass is 246 g/mol. The molecule has 4 heteroatoms. The summed E-state index contributed by atoms with van der Waals surface area (Å²) >= 11 is 0. The smallest absolute Gasteiger partial charge is 0.144 e. The molecule has 3 N–H and O–H groups in total. The van der Waals surface area contributed by atoms with Crippen molar-refractivity contribution in [1.29, 1.82) is 0 Å². The Bertz CT molecular complexity index is 493. The van der Waals surface area contributed by atoms with Crippen LogP contribution in [0.4, 0.5) is 11.4 Å². The van der Waals surface area contributed by atoms with Crippen LogP contribution in [0.2, 0.25) is 0 Å². The third-order valence-electron chi connectivity index (χ3n) is 2.49. The quantitative estimate of drug-likeness (QED) is 0.795. The van der Waals surface area contributed by atoms with Gasteiger partial charge < -0.3 is 20.2 Å². The third-order valence-corrected chi connectivity index (χ3v) is 2.49. The lowest BCUT2D eigenvalue weighted by Crippen LogP contribution is -2.09. The minimum atomic E-state index is 0.108. The summed E-state index contributed by atoms with van der Waals surface area (Å²) in [5.74, 6) is 0.710. The number of hydrogen-bond acceptors (Lipinski definition) is 4. The van der Waals surface area contributed by atoms with Crippen molar-refractivity contribution < 1.29 is 9.15 Å². The molecule has 0 bridgehead atoms. The summed E-state index contributed by atoms with van der Waals surface area (Å²) in [6.07, 6.45) is 3.47. The Morgan fingerprint density at radius 1 is 1.33 bits per heavy atom. The van der Waals surface area contributed by atoms with Crippen LogP contribution in [0.5, 0.6) is 5.75 Å². The maximum absolute atomic E-state index is 6.06. The largest absolute Gasteiger partial charge is 0.489 e. The zero-order valence-electron chi connectivity index (χ0n) is 10.6. The van der Waals surface area contributed by atoms with Gasteiger partial charge in [-0.25, -0.2) is 0 Å². The van der Waals surface area contributed by atoms with E-state index in [1.165, 1.54) is 0 Å². The van der Waals surface area contributed by atoms with Crippen LogP contribution in [0.25, 0.3) is 0 Å². The second kappa shape index (κ2) is 5.49. The Morgan fingerprint density at radius 2 is 2.17 bits per heavy atom. The molecule has 0 unspecified atom stereocenters. The number of nitrogens with two attached hydrogens (primary N) is 1. The molecule has 0 fully saturated rings. The van der Waals surface area contributed by atoms with Crippen LogP contribution < -0.4 is 15.8 Å². The van der Waals surface area contributed by atoms with Gasteiger partial charge in [0.05, 0.1) is 30.0 Å². The molecule has 2 rings (SSSR count). The zero-order chi connectivity index (χ0) is 13.0. The van der Waals surface area contributed by atoms with Gasteiger partial charge in [-0.1, -0.05) is 6.07 Å². The predicted octanol–water partition coefficient (Wildman–Crippen LogP) is 3.26. The topological polar surface area (TPSA) is 60.4 Å². The summed E-state index contributed by atoms with van der Waals surface area (Å²) in [5.41, 5.74) is 8.64. The summed E-state index contributed by atoms with van der Waals surface area (Å²) in [6, 6.07) is 7.64. The van der Waals surface area contributed by atoms with E-state index in [1.807, 2.05) is 38.1 Å². The first-order valence-electron chi connectivity index (χ1n) is 5.97. The van der Waals surface area contributed by atoms with Crippen LogP contribution in [0.3, 0.4) is 0 Å². The van der Waals surface area contributed by atoms with Crippen molar-refractivity contribution in [2.75, 3.05) is 11.1 Å². The van der Waals surface area contributed by atoms with Gasteiger partial charge in [0.1, 0.15) is 5.75 Å². The molecular weight excluding hydrogens is 228 g/mol. The van der Waals surface area contributed by atoms with Crippen LogP contribution in [0.15, 0.2) is 41.2 Å². The van der Waals surface area contributed by atoms with Crippen LogP contribution in [0, 0.1) is 0 Å². The summed E-state index contributed by atoms with van der Waals surface area (Å²) in [4.78, 5) is 0. The van der Waals surface area contributed by atoms with Crippen LogP contribution in [-0.2, 0) is 6.54 Å². The molecule has 0 aliphatic carbocycles. The van der Waals surface area contributed by atoms with E-state index in [0.29, 0.717) is 18.0 Å². The third kappa shape index (κ3) is 2.97. The average molecular weight is 246 g/mol. The van der Waals surface area contributed by atoms with Crippen molar-refractivity contribution in [2.45, 2.75) is 26.5 Å². The SMILES string of the molecule is CC(C)Oc1cccc(NCc2ccoc2)c1N. The first-order chi connectivity index (χ1) is 8.66. The van der Waals surface area contributed by atoms with E-state index in [2.05, 4.69) is 5.32 Å². The van der Waals surface area contributed by atoms with E-state index in [9.17, 15) is 0 Å². The van der Waals surface area contributed by atoms with E-state index >= 15 is 0 Å². The zero-order valence-corrected chi connectivity index (χ0v) is 10.6. The van der Waals surface area contributed by atoms with Crippen molar-refractivity contribution >= 4 is 11.4 Å². The Hall–Kier alpha value is -2.10. The highest BCUT2D eigenvalue weighted by atomic mass is 16.5. The van der Waals surface area contributed by atoms with E-state index in [4.69, 9.17) is 14.9 Å². The number of ether oxygens (including phenoxy) is 1. The lowest BCUT2D eigenvalue weighted by Gasteiger charge is -2.15. The van der Waals surface area contributed by atoms with E-state index in [1.54, 1.807) is 12.5 Å². The van der Waals surface area contributed by atoms with Crippen molar-refractivity contribution in [3.8, 4) is 5.75 Å². The molecule has 0 amide bonds. The van der Waals surface area contributed by atoms with Crippen LogP contribution in [0.1, 0.15) is 19.4 Å². The number of anilines is 2. The van der Waals surface area contributed by atoms with Crippen molar-refractivity contribution in [1.82, 2.24) is 0 Å². The van der Waals surface area contributed by atoms with Gasteiger partial charge in [-0.15, -0.1) is 0 Å². The molecule has 0 aliphatic heterocycles. The van der Waals surface area contributed by atoms with E-state index in [0.717, 1.165) is 11.3 Å². The highest BCUT2D eigenvalue weighted by molar-refractivity contribution is 5.72. The van der Waals surface area contributed by atoms with Gasteiger partial charge in [0.15, 0.2) is 0 Å². The van der Waals surface area contributed by atoms with Gasteiger partial charge in [-0.2, -0.15) is 0 Å². The summed E-state index contributed by atoms with van der Waals surface area (Å²) in [6.45, 7) is 4.63. The number of rotatable bonds is 5. The van der Waals surface area contributed by atoms with Gasteiger partial charge in [-0.05, 0) is 32.0 Å². The van der Waals surface area contributed by atoms with Gasteiger partial charge >= 0.3 is 0 Å². The molecule has 0 saturated heterocycles. The summed E-state index contributed by atoms with van der Waals surface area (Å²) in [5, 5.41) is 3.26. The minimum absolute atomic E-state index is 0.108. The molecule has 0 spiro atoms. The Kier molecular flexibility index (Phi) is 3.77. The molecular formula is C14H18N2O2. The fourth-order valence-corrected chi connectivity index (χ4v) is 1.65. The Morgan fingerprint density at radius 3 is 2.83 bits per heavy atom. The lowest BCUT2D eigenvalue weighted by molar-refractivity contribution is 0.244. The number of hydrogen-bond donors (Lipinski definition) is 2. The molecule has 2 aromatic rings. The van der Waals surface area contributed by atoms with Gasteiger partial charge in [-0.3, -0.25) is 0 Å². The maximum Gasteiger partial charge on any atom is 0.144 e. The van der Waals surface area contributed by atoms with Gasteiger partial charge in [0.2, 0.25) is 0 Å². The standard InChI is InChI=1S/C14H18N2O2/c1-10(2)18-13-5-3-4-12(14(13)15)16-8-11-6-7-17-9-11/h3-7,9-10,16H,8,15H2,1-2H3. The number of nitrogen functional groups attached to an aromatic ring is 1. The number of furan rings is 1. The normalized spacial score (nSPS) is 10.6. The Balaban J connectivity index is 2.08. The second-order valence-electron chi connectivity index (χ2n) is 4.37. The second-order valence-corrected chi connectivity index (χ2v) is 4.37. The highest BCUT2D eigenvalue weighted by Gasteiger charge is 2.07. The molecule has 96 valence electrons. The Labute approximate surface area is 107 Å². The minimum Gasteiger partial charge on any atom is -0.489 e. The summed E-state index contributed by atoms with van der Waals surface area (Å²) < 4.78 is 10.7. The van der Waals surface area contributed by atoms with Gasteiger partial charge in [0, 0.05) is 12.1 Å². The first-order valence-corrected chi connectivity index (χ1v) is 5.97. The van der Waals surface area contributed by atoms with Gasteiger partial charge in [0.25, 0.3) is 0 Å². The van der Waals surface area contributed by atoms with Crippen LogP contribution in [-0.4, -0.2) is 6.10 Å². The molecule has 1 aromatic heterocycles. The molecule has 0 atom stereocenters. The fourth-order valence-electron chi connectivity index (χ4n) is 1.65. The average Bonchev–Trinajstić information content (AvgIpc) is 2.83. The molecule has 0 saturated carbocycles. The molecule has 18 heavy (non-hydrogen) atoms. The molecule has 0 aliphatic rings. The fraction of sp³-hybridized carbons (Fsp3) is 0.286.